The van der Waals surface area contributed by atoms with E-state index in [0.717, 1.165) is 6.42 Å². The van der Waals surface area contributed by atoms with E-state index in [1.807, 2.05) is 13.8 Å². The van der Waals surface area contributed by atoms with Gasteiger partial charge < -0.3 is 10.2 Å². The lowest BCUT2D eigenvalue weighted by Gasteiger charge is -2.27. The average molecular weight is 313 g/mol. The summed E-state index contributed by atoms with van der Waals surface area (Å²) in [5, 5.41) is 3.08. The van der Waals surface area contributed by atoms with Gasteiger partial charge in [-0.15, -0.1) is 0 Å². The molecule has 0 radical (unpaired) electrons. The molecule has 1 fully saturated rings. The van der Waals surface area contributed by atoms with Crippen molar-refractivity contribution in [2.24, 2.45) is 5.92 Å². The number of rotatable bonds is 3. The minimum Gasteiger partial charge on any atom is -0.344 e. The molecule has 0 bridgehead atoms. The van der Waals surface area contributed by atoms with Crippen LogP contribution < -0.4 is 10.2 Å². The first-order valence-corrected chi connectivity index (χ1v) is 7.37. The van der Waals surface area contributed by atoms with E-state index in [0.29, 0.717) is 5.02 Å². The number of carbonyl (C=O) groups is 2. The molecule has 6 heteroatoms. The van der Waals surface area contributed by atoms with Crippen molar-refractivity contribution in [1.29, 1.82) is 0 Å². The van der Waals surface area contributed by atoms with Crippen LogP contribution in [0.5, 0.6) is 0 Å². The summed E-state index contributed by atoms with van der Waals surface area (Å²) in [6.45, 7) is 3.98. The molecule has 2 amide bonds. The summed E-state index contributed by atoms with van der Waals surface area (Å²) in [4.78, 5) is 25.8. The first-order valence-electron chi connectivity index (χ1n) is 6.99. The standard InChI is InChI=1S/C15H18ClFN2O2/c1-3-9(2)14-15(21)19(7-6-13(20)18-14)12-8-10(16)4-5-11(12)17/h4-5,8-9,14H,3,6-7H2,1-2H3,(H,18,20). The Hall–Kier alpha value is -1.62. The van der Waals surface area contributed by atoms with Crippen LogP contribution in [0.2, 0.25) is 5.02 Å². The van der Waals surface area contributed by atoms with Crippen molar-refractivity contribution in [2.45, 2.75) is 32.7 Å². The fraction of sp³-hybridized carbons (Fsp3) is 0.467. The van der Waals surface area contributed by atoms with Crippen LogP contribution in [-0.4, -0.2) is 24.4 Å². The van der Waals surface area contributed by atoms with Crippen LogP contribution in [0.15, 0.2) is 18.2 Å². The molecule has 1 aliphatic rings. The predicted octanol–water partition coefficient (Wildman–Crippen LogP) is 2.75. The van der Waals surface area contributed by atoms with E-state index in [1.54, 1.807) is 0 Å². The quantitative estimate of drug-likeness (QED) is 0.933. The largest absolute Gasteiger partial charge is 0.344 e. The third-order valence-corrected chi connectivity index (χ3v) is 4.06. The molecule has 0 aromatic heterocycles. The molecule has 1 aromatic rings. The lowest BCUT2D eigenvalue weighted by molar-refractivity contribution is -0.126. The highest BCUT2D eigenvalue weighted by atomic mass is 35.5. The lowest BCUT2D eigenvalue weighted by atomic mass is 9.98. The second-order valence-corrected chi connectivity index (χ2v) is 5.70. The first-order chi connectivity index (χ1) is 9.93. The van der Waals surface area contributed by atoms with Crippen molar-refractivity contribution in [3.8, 4) is 0 Å². The molecule has 2 unspecified atom stereocenters. The van der Waals surface area contributed by atoms with Gasteiger partial charge in [-0.3, -0.25) is 9.59 Å². The Balaban J connectivity index is 2.39. The van der Waals surface area contributed by atoms with Gasteiger partial charge in [-0.25, -0.2) is 4.39 Å². The van der Waals surface area contributed by atoms with E-state index >= 15 is 0 Å². The minimum atomic E-state index is -0.636. The smallest absolute Gasteiger partial charge is 0.249 e. The van der Waals surface area contributed by atoms with Gasteiger partial charge in [0.05, 0.1) is 5.69 Å². The van der Waals surface area contributed by atoms with Gasteiger partial charge in [-0.1, -0.05) is 31.9 Å². The molecule has 2 atom stereocenters. The van der Waals surface area contributed by atoms with Crippen LogP contribution in [0.25, 0.3) is 0 Å². The summed E-state index contributed by atoms with van der Waals surface area (Å²) in [6, 6.07) is 3.43. The van der Waals surface area contributed by atoms with Gasteiger partial charge in [0.15, 0.2) is 0 Å². The van der Waals surface area contributed by atoms with E-state index in [1.165, 1.54) is 23.1 Å². The maximum atomic E-state index is 14.0. The van der Waals surface area contributed by atoms with Crippen LogP contribution in [0.3, 0.4) is 0 Å². The Labute approximate surface area is 128 Å². The molecule has 1 saturated heterocycles. The maximum absolute atomic E-state index is 14.0. The van der Waals surface area contributed by atoms with Gasteiger partial charge in [0, 0.05) is 18.0 Å². The highest BCUT2D eigenvalue weighted by Gasteiger charge is 2.34. The van der Waals surface area contributed by atoms with Gasteiger partial charge >= 0.3 is 0 Å². The third-order valence-electron chi connectivity index (χ3n) is 3.82. The molecule has 1 heterocycles. The number of hydrogen-bond donors (Lipinski definition) is 1. The van der Waals surface area contributed by atoms with Crippen molar-refractivity contribution in [3.63, 3.8) is 0 Å². The molecule has 114 valence electrons. The van der Waals surface area contributed by atoms with Crippen molar-refractivity contribution < 1.29 is 14.0 Å². The Morgan fingerprint density at radius 1 is 1.48 bits per heavy atom. The fourth-order valence-corrected chi connectivity index (χ4v) is 2.52. The van der Waals surface area contributed by atoms with Crippen LogP contribution >= 0.6 is 11.6 Å². The molecule has 0 aliphatic carbocycles. The number of anilines is 1. The number of halogens is 2. The highest BCUT2D eigenvalue weighted by Crippen LogP contribution is 2.26. The van der Waals surface area contributed by atoms with Crippen molar-refractivity contribution in [3.05, 3.63) is 29.0 Å². The van der Waals surface area contributed by atoms with Gasteiger partial charge in [-0.2, -0.15) is 0 Å². The summed E-state index contributed by atoms with van der Waals surface area (Å²) in [5.74, 6) is -1.04. The molecule has 0 saturated carbocycles. The SMILES string of the molecule is CCC(C)C1NC(=O)CCN(c2cc(Cl)ccc2F)C1=O. The summed E-state index contributed by atoms with van der Waals surface area (Å²) in [6.07, 6.45) is 0.882. The Morgan fingerprint density at radius 2 is 2.19 bits per heavy atom. The average Bonchev–Trinajstić information content (AvgIpc) is 2.60. The molecule has 2 rings (SSSR count). The molecule has 1 N–H and O–H groups in total. The predicted molar refractivity (Wildman–Crippen MR) is 79.8 cm³/mol. The number of benzene rings is 1. The zero-order chi connectivity index (χ0) is 15.6. The molecule has 4 nitrogen and oxygen atoms in total. The molecule has 1 aromatic carbocycles. The second-order valence-electron chi connectivity index (χ2n) is 5.27. The topological polar surface area (TPSA) is 49.4 Å². The van der Waals surface area contributed by atoms with Crippen LogP contribution in [0, 0.1) is 11.7 Å². The minimum absolute atomic E-state index is 0.0238. The summed E-state index contributed by atoms with van der Waals surface area (Å²) < 4.78 is 14.0. The number of amides is 2. The summed E-state index contributed by atoms with van der Waals surface area (Å²) in [5.41, 5.74) is 0.123. The van der Waals surface area contributed by atoms with E-state index in [9.17, 15) is 14.0 Å². The van der Waals surface area contributed by atoms with E-state index in [2.05, 4.69) is 5.32 Å². The molecule has 0 spiro atoms. The van der Waals surface area contributed by atoms with Crippen molar-refractivity contribution in [1.82, 2.24) is 5.32 Å². The Morgan fingerprint density at radius 3 is 2.86 bits per heavy atom. The highest BCUT2D eigenvalue weighted by molar-refractivity contribution is 6.31. The van der Waals surface area contributed by atoms with E-state index in [4.69, 9.17) is 11.6 Å². The van der Waals surface area contributed by atoms with Crippen molar-refractivity contribution in [2.75, 3.05) is 11.4 Å². The van der Waals surface area contributed by atoms with Crippen LogP contribution in [-0.2, 0) is 9.59 Å². The summed E-state index contributed by atoms with van der Waals surface area (Å²) >= 11 is 5.89. The molecular weight excluding hydrogens is 295 g/mol. The first kappa shape index (κ1) is 15.8. The molecule has 21 heavy (non-hydrogen) atoms. The second kappa shape index (κ2) is 6.43. The Bertz CT molecular complexity index is 565. The van der Waals surface area contributed by atoms with E-state index in [-0.39, 0.29) is 36.4 Å². The third kappa shape index (κ3) is 3.35. The number of nitrogens with zero attached hydrogens (tertiary/aromatic N) is 1. The summed E-state index contributed by atoms with van der Waals surface area (Å²) in [7, 11) is 0. The molecule has 1 aliphatic heterocycles. The van der Waals surface area contributed by atoms with Gasteiger partial charge in [-0.05, 0) is 24.1 Å². The zero-order valence-corrected chi connectivity index (χ0v) is 12.8. The Kier molecular flexibility index (Phi) is 4.83. The van der Waals surface area contributed by atoms with Gasteiger partial charge in [0.1, 0.15) is 11.9 Å². The number of nitrogens with one attached hydrogen (secondary N) is 1. The number of hydrogen-bond acceptors (Lipinski definition) is 2. The number of carbonyl (C=O) groups excluding carboxylic acids is 2. The maximum Gasteiger partial charge on any atom is 0.249 e. The lowest BCUT2D eigenvalue weighted by Crippen LogP contribution is -2.48. The van der Waals surface area contributed by atoms with Gasteiger partial charge in [0.2, 0.25) is 11.8 Å². The van der Waals surface area contributed by atoms with Crippen LogP contribution in [0.1, 0.15) is 26.7 Å². The molecular formula is C15H18ClFN2O2. The van der Waals surface area contributed by atoms with Crippen LogP contribution in [0.4, 0.5) is 10.1 Å². The van der Waals surface area contributed by atoms with Crippen molar-refractivity contribution >= 4 is 29.1 Å². The van der Waals surface area contributed by atoms with Gasteiger partial charge in [0.25, 0.3) is 0 Å². The monoisotopic (exact) mass is 312 g/mol. The zero-order valence-electron chi connectivity index (χ0n) is 12.0. The normalized spacial score (nSPS) is 21.0. The fourth-order valence-electron chi connectivity index (χ4n) is 2.35. The van der Waals surface area contributed by atoms with E-state index < -0.39 is 11.9 Å².